The summed E-state index contributed by atoms with van der Waals surface area (Å²) in [6, 6.07) is 2.77. The Morgan fingerprint density at radius 2 is 2.24 bits per heavy atom. The van der Waals surface area contributed by atoms with Crippen LogP contribution in [0, 0.1) is 16.7 Å². The summed E-state index contributed by atoms with van der Waals surface area (Å²) in [7, 11) is 0. The summed E-state index contributed by atoms with van der Waals surface area (Å²) in [6.45, 7) is 7.78. The van der Waals surface area contributed by atoms with Gasteiger partial charge in [-0.2, -0.15) is 5.26 Å². The molecule has 0 aromatic carbocycles. The van der Waals surface area contributed by atoms with Crippen LogP contribution in [0.1, 0.15) is 33.1 Å². The van der Waals surface area contributed by atoms with Crippen LogP contribution in [-0.2, 0) is 4.79 Å². The summed E-state index contributed by atoms with van der Waals surface area (Å²) >= 11 is 0. The molecule has 2 aliphatic rings. The van der Waals surface area contributed by atoms with Crippen LogP contribution in [-0.4, -0.2) is 47.9 Å². The van der Waals surface area contributed by atoms with Crippen molar-refractivity contribution in [2.24, 2.45) is 5.41 Å². The highest BCUT2D eigenvalue weighted by Crippen LogP contribution is 2.24. The molecule has 2 heterocycles. The highest BCUT2D eigenvalue weighted by molar-refractivity contribution is 5.78. The Bertz CT molecular complexity index is 345. The first-order valence-corrected chi connectivity index (χ1v) is 6.45. The third-order valence-corrected chi connectivity index (χ3v) is 3.93. The van der Waals surface area contributed by atoms with E-state index in [0.717, 1.165) is 45.4 Å². The molecule has 0 saturated carbocycles. The molecule has 0 N–H and O–H groups in total. The van der Waals surface area contributed by atoms with E-state index in [0.29, 0.717) is 11.9 Å². The fourth-order valence-electron chi connectivity index (χ4n) is 2.63. The van der Waals surface area contributed by atoms with E-state index in [9.17, 15) is 4.79 Å². The molecular weight excluding hydrogens is 214 g/mol. The first-order valence-electron chi connectivity index (χ1n) is 6.45. The van der Waals surface area contributed by atoms with Crippen LogP contribution in [0.4, 0.5) is 0 Å². The first-order chi connectivity index (χ1) is 8.02. The van der Waals surface area contributed by atoms with Gasteiger partial charge in [0.2, 0.25) is 5.91 Å². The largest absolute Gasteiger partial charge is 0.337 e. The molecule has 2 rings (SSSR count). The second-order valence-electron chi connectivity index (χ2n) is 5.83. The monoisotopic (exact) mass is 235 g/mol. The number of nitriles is 1. The normalized spacial score (nSPS) is 25.8. The van der Waals surface area contributed by atoms with Gasteiger partial charge in [0.25, 0.3) is 0 Å². The lowest BCUT2D eigenvalue weighted by Gasteiger charge is -2.38. The molecule has 0 aromatic heterocycles. The minimum absolute atomic E-state index is 0.234. The van der Waals surface area contributed by atoms with E-state index < -0.39 is 0 Å². The molecule has 1 atom stereocenters. The summed E-state index contributed by atoms with van der Waals surface area (Å²) in [6.07, 6.45) is 2.64. The van der Waals surface area contributed by atoms with Gasteiger partial charge in [-0.3, -0.25) is 9.69 Å². The number of hydrogen-bond donors (Lipinski definition) is 0. The van der Waals surface area contributed by atoms with E-state index in [1.165, 1.54) is 0 Å². The third-order valence-electron chi connectivity index (χ3n) is 3.93. The Balaban J connectivity index is 1.82. The number of hydrogen-bond acceptors (Lipinski definition) is 3. The second-order valence-corrected chi connectivity index (χ2v) is 5.83. The Morgan fingerprint density at radius 3 is 2.94 bits per heavy atom. The van der Waals surface area contributed by atoms with Gasteiger partial charge in [0.1, 0.15) is 0 Å². The van der Waals surface area contributed by atoms with Crippen molar-refractivity contribution in [1.82, 2.24) is 9.80 Å². The number of fused-ring (bicyclic) bond motifs is 1. The molecule has 0 aromatic rings. The van der Waals surface area contributed by atoms with E-state index in [-0.39, 0.29) is 5.41 Å². The molecule has 1 unspecified atom stereocenters. The lowest BCUT2D eigenvalue weighted by molar-refractivity contribution is -0.130. The van der Waals surface area contributed by atoms with Gasteiger partial charge in [0.15, 0.2) is 0 Å². The Morgan fingerprint density at radius 1 is 1.47 bits per heavy atom. The van der Waals surface area contributed by atoms with Gasteiger partial charge in [-0.05, 0) is 33.2 Å². The van der Waals surface area contributed by atoms with Crippen LogP contribution < -0.4 is 0 Å². The Labute approximate surface area is 103 Å². The summed E-state index contributed by atoms with van der Waals surface area (Å²) in [5, 5.41) is 8.99. The van der Waals surface area contributed by atoms with Crippen molar-refractivity contribution < 1.29 is 4.79 Å². The van der Waals surface area contributed by atoms with Crippen LogP contribution in [0.5, 0.6) is 0 Å². The standard InChI is InChI=1S/C13H21N3O/c1-13(2,10-14)5-6-15-7-8-16-11(9-15)3-4-12(16)17/h11H,3-9H2,1-2H3. The fourth-order valence-corrected chi connectivity index (χ4v) is 2.63. The minimum atomic E-state index is -0.234. The molecule has 0 spiro atoms. The zero-order chi connectivity index (χ0) is 12.5. The zero-order valence-corrected chi connectivity index (χ0v) is 10.8. The molecule has 1 amide bonds. The number of piperazine rings is 1. The van der Waals surface area contributed by atoms with E-state index >= 15 is 0 Å². The third kappa shape index (κ3) is 2.78. The quantitative estimate of drug-likeness (QED) is 0.739. The zero-order valence-electron chi connectivity index (χ0n) is 10.8. The van der Waals surface area contributed by atoms with Gasteiger partial charge in [-0.25, -0.2) is 0 Å². The molecule has 2 aliphatic heterocycles. The topological polar surface area (TPSA) is 47.3 Å². The smallest absolute Gasteiger partial charge is 0.222 e. The van der Waals surface area contributed by atoms with Crippen molar-refractivity contribution in [2.45, 2.75) is 39.2 Å². The van der Waals surface area contributed by atoms with Gasteiger partial charge in [-0.1, -0.05) is 0 Å². The minimum Gasteiger partial charge on any atom is -0.337 e. The predicted octanol–water partition coefficient (Wildman–Crippen LogP) is 1.23. The lowest BCUT2D eigenvalue weighted by atomic mass is 9.91. The number of nitrogens with zero attached hydrogens (tertiary/aromatic N) is 3. The summed E-state index contributed by atoms with van der Waals surface area (Å²) in [4.78, 5) is 16.0. The lowest BCUT2D eigenvalue weighted by Crippen LogP contribution is -2.51. The van der Waals surface area contributed by atoms with Crippen LogP contribution in [0.2, 0.25) is 0 Å². The number of carbonyl (C=O) groups excluding carboxylic acids is 1. The van der Waals surface area contributed by atoms with Gasteiger partial charge < -0.3 is 4.90 Å². The molecule has 17 heavy (non-hydrogen) atoms. The number of rotatable bonds is 3. The average Bonchev–Trinajstić information content (AvgIpc) is 2.68. The van der Waals surface area contributed by atoms with Crippen molar-refractivity contribution in [1.29, 1.82) is 5.26 Å². The van der Waals surface area contributed by atoms with E-state index in [1.807, 2.05) is 18.7 Å². The number of amides is 1. The molecule has 2 fully saturated rings. The highest BCUT2D eigenvalue weighted by Gasteiger charge is 2.35. The molecule has 4 nitrogen and oxygen atoms in total. The SMILES string of the molecule is CC(C)(C#N)CCN1CCN2C(=O)CCC2C1. The summed E-state index contributed by atoms with van der Waals surface area (Å²) in [5.41, 5.74) is -0.234. The van der Waals surface area contributed by atoms with Crippen LogP contribution >= 0.6 is 0 Å². The van der Waals surface area contributed by atoms with Crippen LogP contribution in [0.3, 0.4) is 0 Å². The highest BCUT2D eigenvalue weighted by atomic mass is 16.2. The maximum absolute atomic E-state index is 11.5. The molecule has 2 saturated heterocycles. The maximum atomic E-state index is 11.5. The van der Waals surface area contributed by atoms with E-state index in [2.05, 4.69) is 11.0 Å². The molecule has 0 aliphatic carbocycles. The van der Waals surface area contributed by atoms with E-state index in [4.69, 9.17) is 5.26 Å². The van der Waals surface area contributed by atoms with Gasteiger partial charge in [0, 0.05) is 32.1 Å². The van der Waals surface area contributed by atoms with Crippen molar-refractivity contribution in [2.75, 3.05) is 26.2 Å². The molecule has 94 valence electrons. The van der Waals surface area contributed by atoms with Gasteiger partial charge in [0.05, 0.1) is 11.5 Å². The molecule has 0 bridgehead atoms. The first kappa shape index (κ1) is 12.4. The Hall–Kier alpha value is -1.08. The van der Waals surface area contributed by atoms with Crippen molar-refractivity contribution in [3.63, 3.8) is 0 Å². The maximum Gasteiger partial charge on any atom is 0.222 e. The van der Waals surface area contributed by atoms with Crippen molar-refractivity contribution >= 4 is 5.91 Å². The second kappa shape index (κ2) is 4.66. The summed E-state index contributed by atoms with van der Waals surface area (Å²) < 4.78 is 0. The van der Waals surface area contributed by atoms with Crippen molar-refractivity contribution in [3.8, 4) is 6.07 Å². The molecule has 4 heteroatoms. The van der Waals surface area contributed by atoms with Gasteiger partial charge >= 0.3 is 0 Å². The predicted molar refractivity (Wildman–Crippen MR) is 65.2 cm³/mol. The summed E-state index contributed by atoms with van der Waals surface area (Å²) in [5.74, 6) is 0.326. The van der Waals surface area contributed by atoms with E-state index in [1.54, 1.807) is 0 Å². The number of carbonyl (C=O) groups is 1. The fraction of sp³-hybridized carbons (Fsp3) is 0.846. The van der Waals surface area contributed by atoms with Gasteiger partial charge in [-0.15, -0.1) is 0 Å². The molecular formula is C13H21N3O. The Kier molecular flexibility index (Phi) is 3.39. The van der Waals surface area contributed by atoms with Crippen LogP contribution in [0.25, 0.3) is 0 Å². The van der Waals surface area contributed by atoms with Crippen molar-refractivity contribution in [3.05, 3.63) is 0 Å². The van der Waals surface area contributed by atoms with Crippen LogP contribution in [0.15, 0.2) is 0 Å². The average molecular weight is 235 g/mol. The molecule has 0 radical (unpaired) electrons.